The minimum Gasteiger partial charge on any atom is -0.355 e. The lowest BCUT2D eigenvalue weighted by Crippen LogP contribution is -2.28. The zero-order valence-electron chi connectivity index (χ0n) is 16.6. The molecule has 0 aliphatic carbocycles. The van der Waals surface area contributed by atoms with E-state index in [-0.39, 0.29) is 17.2 Å². The van der Waals surface area contributed by atoms with Crippen LogP contribution in [0.5, 0.6) is 0 Å². The molecule has 4 aromatic rings. The summed E-state index contributed by atoms with van der Waals surface area (Å²) >= 11 is 7.58. The molecule has 0 bridgehead atoms. The van der Waals surface area contributed by atoms with Gasteiger partial charge in [-0.25, -0.2) is 4.98 Å². The first-order chi connectivity index (χ1) is 15.1. The zero-order valence-corrected chi connectivity index (χ0v) is 18.2. The second-order valence-electron chi connectivity index (χ2n) is 6.88. The predicted molar refractivity (Wildman–Crippen MR) is 126 cm³/mol. The molecule has 0 atom stereocenters. The van der Waals surface area contributed by atoms with E-state index >= 15 is 0 Å². The van der Waals surface area contributed by atoms with Gasteiger partial charge in [-0.2, -0.15) is 0 Å². The molecule has 0 saturated heterocycles. The van der Waals surface area contributed by atoms with Gasteiger partial charge in [0.1, 0.15) is 0 Å². The van der Waals surface area contributed by atoms with Gasteiger partial charge >= 0.3 is 0 Å². The van der Waals surface area contributed by atoms with Crippen LogP contribution < -0.4 is 10.9 Å². The van der Waals surface area contributed by atoms with Gasteiger partial charge in [0, 0.05) is 6.54 Å². The molecule has 0 aliphatic heterocycles. The molecule has 0 saturated carbocycles. The molecule has 1 amide bonds. The zero-order chi connectivity index (χ0) is 21.6. The van der Waals surface area contributed by atoms with Crippen molar-refractivity contribution >= 4 is 40.2 Å². The molecule has 1 N–H and O–H groups in total. The van der Waals surface area contributed by atoms with Crippen molar-refractivity contribution in [2.24, 2.45) is 0 Å². The van der Waals surface area contributed by atoms with E-state index in [0.29, 0.717) is 33.3 Å². The maximum absolute atomic E-state index is 13.2. The van der Waals surface area contributed by atoms with Crippen LogP contribution in [-0.4, -0.2) is 27.8 Å². The topological polar surface area (TPSA) is 64.0 Å². The van der Waals surface area contributed by atoms with Crippen LogP contribution in [0.25, 0.3) is 16.6 Å². The van der Waals surface area contributed by atoms with Gasteiger partial charge in [0.2, 0.25) is 5.91 Å². The molecule has 156 valence electrons. The number of amides is 1. The number of thioether (sulfide) groups is 1. The third-order valence-electron chi connectivity index (χ3n) is 4.75. The molecule has 1 aromatic heterocycles. The number of para-hydroxylation sites is 2. The third kappa shape index (κ3) is 4.98. The van der Waals surface area contributed by atoms with Crippen molar-refractivity contribution < 1.29 is 4.79 Å². The Labute approximate surface area is 189 Å². The Balaban J connectivity index is 1.55. The standard InChI is InChI=1S/C24H20ClN3O2S/c25-19-11-5-7-13-21(19)28-23(30)18-10-4-6-12-20(18)27-24(28)31-16-22(29)26-15-14-17-8-2-1-3-9-17/h1-13H,14-16H2,(H,26,29). The summed E-state index contributed by atoms with van der Waals surface area (Å²) in [4.78, 5) is 30.3. The fraction of sp³-hybridized carbons (Fsp3) is 0.125. The summed E-state index contributed by atoms with van der Waals surface area (Å²) in [6.45, 7) is 0.547. The van der Waals surface area contributed by atoms with Crippen molar-refractivity contribution in [3.05, 3.63) is 99.8 Å². The SMILES string of the molecule is O=C(CSc1nc2ccccc2c(=O)n1-c1ccccc1Cl)NCCc1ccccc1. The lowest BCUT2D eigenvalue weighted by Gasteiger charge is -2.14. The van der Waals surface area contributed by atoms with Crippen molar-refractivity contribution in [3.63, 3.8) is 0 Å². The van der Waals surface area contributed by atoms with Crippen LogP contribution in [-0.2, 0) is 11.2 Å². The van der Waals surface area contributed by atoms with Gasteiger partial charge in [-0.15, -0.1) is 0 Å². The normalized spacial score (nSPS) is 10.9. The number of carbonyl (C=O) groups is 1. The Kier molecular flexibility index (Phi) is 6.70. The minimum absolute atomic E-state index is 0.117. The van der Waals surface area contributed by atoms with Crippen LogP contribution in [0, 0.1) is 0 Å². The maximum Gasteiger partial charge on any atom is 0.266 e. The van der Waals surface area contributed by atoms with Crippen molar-refractivity contribution in [1.82, 2.24) is 14.9 Å². The fourth-order valence-corrected chi connectivity index (χ4v) is 4.28. The number of benzene rings is 3. The van der Waals surface area contributed by atoms with Gasteiger partial charge in [-0.1, -0.05) is 78.0 Å². The van der Waals surface area contributed by atoms with E-state index in [0.717, 1.165) is 6.42 Å². The van der Waals surface area contributed by atoms with Crippen molar-refractivity contribution in [2.45, 2.75) is 11.6 Å². The highest BCUT2D eigenvalue weighted by atomic mass is 35.5. The van der Waals surface area contributed by atoms with Gasteiger partial charge in [0.25, 0.3) is 5.56 Å². The van der Waals surface area contributed by atoms with E-state index in [1.807, 2.05) is 42.5 Å². The van der Waals surface area contributed by atoms with E-state index in [2.05, 4.69) is 10.3 Å². The van der Waals surface area contributed by atoms with Crippen LogP contribution in [0.3, 0.4) is 0 Å². The van der Waals surface area contributed by atoms with Crippen LogP contribution in [0.1, 0.15) is 5.56 Å². The summed E-state index contributed by atoms with van der Waals surface area (Å²) in [6.07, 6.45) is 0.760. The first-order valence-electron chi connectivity index (χ1n) is 9.83. The van der Waals surface area contributed by atoms with Gasteiger partial charge in [-0.3, -0.25) is 14.2 Å². The molecular weight excluding hydrogens is 430 g/mol. The quantitative estimate of drug-likeness (QED) is 0.333. The Morgan fingerprint density at radius 3 is 2.48 bits per heavy atom. The minimum atomic E-state index is -0.217. The number of aromatic nitrogens is 2. The summed E-state index contributed by atoms with van der Waals surface area (Å²) in [5, 5.41) is 4.29. The summed E-state index contributed by atoms with van der Waals surface area (Å²) in [7, 11) is 0. The number of hydrogen-bond acceptors (Lipinski definition) is 4. The largest absolute Gasteiger partial charge is 0.355 e. The Bertz CT molecular complexity index is 1270. The van der Waals surface area contributed by atoms with Gasteiger partial charge in [0.15, 0.2) is 5.16 Å². The highest BCUT2D eigenvalue weighted by Gasteiger charge is 2.16. The van der Waals surface area contributed by atoms with Crippen molar-refractivity contribution in [2.75, 3.05) is 12.3 Å². The maximum atomic E-state index is 13.2. The first kappa shape index (κ1) is 21.2. The van der Waals surface area contributed by atoms with Crippen LogP contribution in [0.4, 0.5) is 0 Å². The molecule has 3 aromatic carbocycles. The lowest BCUT2D eigenvalue weighted by atomic mass is 10.1. The number of hydrogen-bond donors (Lipinski definition) is 1. The average molecular weight is 450 g/mol. The summed E-state index contributed by atoms with van der Waals surface area (Å²) in [5.41, 5.74) is 2.08. The van der Waals surface area contributed by atoms with Crippen LogP contribution in [0.15, 0.2) is 88.8 Å². The highest BCUT2D eigenvalue weighted by Crippen LogP contribution is 2.25. The van der Waals surface area contributed by atoms with E-state index < -0.39 is 0 Å². The number of rotatable bonds is 7. The molecule has 31 heavy (non-hydrogen) atoms. The second-order valence-corrected chi connectivity index (χ2v) is 8.23. The third-order valence-corrected chi connectivity index (χ3v) is 6.01. The monoisotopic (exact) mass is 449 g/mol. The van der Waals surface area contributed by atoms with E-state index in [4.69, 9.17) is 11.6 Å². The number of nitrogens with zero attached hydrogens (tertiary/aromatic N) is 2. The Morgan fingerprint density at radius 1 is 0.968 bits per heavy atom. The van der Waals surface area contributed by atoms with E-state index in [1.54, 1.807) is 36.4 Å². The van der Waals surface area contributed by atoms with Gasteiger partial charge in [0.05, 0.1) is 27.4 Å². The molecule has 0 unspecified atom stereocenters. The highest BCUT2D eigenvalue weighted by molar-refractivity contribution is 7.99. The van der Waals surface area contributed by atoms with Crippen molar-refractivity contribution in [3.8, 4) is 5.69 Å². The molecule has 5 nitrogen and oxygen atoms in total. The Morgan fingerprint density at radius 2 is 1.68 bits per heavy atom. The van der Waals surface area contributed by atoms with Gasteiger partial charge < -0.3 is 5.32 Å². The smallest absolute Gasteiger partial charge is 0.266 e. The van der Waals surface area contributed by atoms with E-state index in [9.17, 15) is 9.59 Å². The molecule has 4 rings (SSSR count). The van der Waals surface area contributed by atoms with E-state index in [1.165, 1.54) is 21.9 Å². The molecular formula is C24H20ClN3O2S. The molecule has 0 aliphatic rings. The molecule has 1 heterocycles. The van der Waals surface area contributed by atoms with Crippen LogP contribution in [0.2, 0.25) is 5.02 Å². The lowest BCUT2D eigenvalue weighted by molar-refractivity contribution is -0.118. The second kappa shape index (κ2) is 9.81. The van der Waals surface area contributed by atoms with Gasteiger partial charge in [-0.05, 0) is 36.2 Å². The summed E-state index contributed by atoms with van der Waals surface area (Å²) < 4.78 is 1.48. The van der Waals surface area contributed by atoms with Crippen LogP contribution >= 0.6 is 23.4 Å². The molecule has 0 radical (unpaired) electrons. The summed E-state index contributed by atoms with van der Waals surface area (Å²) in [5.74, 6) is 0.0263. The first-order valence-corrected chi connectivity index (χ1v) is 11.2. The average Bonchev–Trinajstić information content (AvgIpc) is 2.79. The summed E-state index contributed by atoms with van der Waals surface area (Å²) in [6, 6.07) is 24.3. The number of fused-ring (bicyclic) bond motifs is 1. The number of carbonyl (C=O) groups excluding carboxylic acids is 1. The predicted octanol–water partition coefficient (Wildman–Crippen LogP) is 4.49. The molecule has 0 fully saturated rings. The molecule has 7 heteroatoms. The fourth-order valence-electron chi connectivity index (χ4n) is 3.23. The Hall–Kier alpha value is -3.09. The molecule has 0 spiro atoms. The number of halogens is 1. The number of nitrogens with one attached hydrogen (secondary N) is 1. The van der Waals surface area contributed by atoms with Crippen molar-refractivity contribution in [1.29, 1.82) is 0 Å².